The molecule has 2 aromatic heterocycles. The van der Waals surface area contributed by atoms with Gasteiger partial charge in [-0.3, -0.25) is 4.68 Å². The predicted octanol–water partition coefficient (Wildman–Crippen LogP) is 1.54. The molecule has 30 heavy (non-hydrogen) atoms. The van der Waals surface area contributed by atoms with Gasteiger partial charge in [0, 0.05) is 62.0 Å². The first-order valence-electron chi connectivity index (χ1n) is 10.6. The molecule has 9 heteroatoms. The number of aliphatic hydroxyl groups excluding tert-OH is 1. The van der Waals surface area contributed by atoms with Crippen molar-refractivity contribution in [1.29, 1.82) is 0 Å². The van der Waals surface area contributed by atoms with Gasteiger partial charge in [0.05, 0.1) is 25.5 Å². The lowest BCUT2D eigenvalue weighted by Gasteiger charge is -2.35. The lowest BCUT2D eigenvalue weighted by atomic mass is 9.89. The number of hydrogen-bond acceptors (Lipinski definition) is 8. The minimum Gasteiger partial charge on any atom is -0.388 e. The van der Waals surface area contributed by atoms with Crippen LogP contribution in [0.25, 0.3) is 10.9 Å². The molecule has 0 aliphatic carbocycles. The SMILES string of the molecule is Cn1cc([C@H](O)[C@H]2CCCN(c3nnnc4cc(N5CCOCC5)ccc34)C2)cn1. The number of nitrogens with zero attached hydrogens (tertiary/aromatic N) is 7. The molecule has 1 N–H and O–H groups in total. The van der Waals surface area contributed by atoms with E-state index in [2.05, 4.69) is 48.5 Å². The van der Waals surface area contributed by atoms with Crippen LogP contribution in [0.5, 0.6) is 0 Å². The minimum absolute atomic E-state index is 0.126. The van der Waals surface area contributed by atoms with E-state index in [1.54, 1.807) is 10.9 Å². The summed E-state index contributed by atoms with van der Waals surface area (Å²) in [5.41, 5.74) is 2.85. The van der Waals surface area contributed by atoms with Crippen LogP contribution in [0, 0.1) is 5.92 Å². The number of fused-ring (bicyclic) bond motifs is 1. The molecule has 0 saturated carbocycles. The first-order chi connectivity index (χ1) is 14.7. The zero-order valence-electron chi connectivity index (χ0n) is 17.2. The number of anilines is 2. The van der Waals surface area contributed by atoms with Crippen LogP contribution in [-0.2, 0) is 11.8 Å². The molecule has 158 valence electrons. The predicted molar refractivity (Wildman–Crippen MR) is 113 cm³/mol. The second-order valence-corrected chi connectivity index (χ2v) is 8.15. The summed E-state index contributed by atoms with van der Waals surface area (Å²) in [5.74, 6) is 0.970. The maximum atomic E-state index is 10.9. The minimum atomic E-state index is -0.532. The van der Waals surface area contributed by atoms with Crippen molar-refractivity contribution in [3.63, 3.8) is 0 Å². The van der Waals surface area contributed by atoms with Gasteiger partial charge in [-0.2, -0.15) is 5.10 Å². The molecule has 1 aromatic carbocycles. The summed E-state index contributed by atoms with van der Waals surface area (Å²) >= 11 is 0. The Balaban J connectivity index is 1.39. The Morgan fingerprint density at radius 3 is 2.80 bits per heavy atom. The summed E-state index contributed by atoms with van der Waals surface area (Å²) in [4.78, 5) is 4.55. The maximum absolute atomic E-state index is 10.9. The Kier molecular flexibility index (Phi) is 5.22. The fourth-order valence-corrected chi connectivity index (χ4v) is 4.54. The highest BCUT2D eigenvalue weighted by Gasteiger charge is 2.29. The largest absolute Gasteiger partial charge is 0.388 e. The van der Waals surface area contributed by atoms with E-state index in [9.17, 15) is 5.11 Å². The van der Waals surface area contributed by atoms with Crippen LogP contribution in [0.3, 0.4) is 0 Å². The highest BCUT2D eigenvalue weighted by molar-refractivity contribution is 5.91. The van der Waals surface area contributed by atoms with Crippen LogP contribution in [0.4, 0.5) is 11.5 Å². The molecule has 0 spiro atoms. The molecule has 2 saturated heterocycles. The Morgan fingerprint density at radius 2 is 2.00 bits per heavy atom. The van der Waals surface area contributed by atoms with Gasteiger partial charge in [0.1, 0.15) is 5.52 Å². The van der Waals surface area contributed by atoms with Crippen molar-refractivity contribution < 1.29 is 9.84 Å². The average molecular weight is 409 g/mol. The van der Waals surface area contributed by atoms with Gasteiger partial charge in [-0.1, -0.05) is 0 Å². The number of ether oxygens (including phenoxy) is 1. The molecule has 2 fully saturated rings. The van der Waals surface area contributed by atoms with Crippen molar-refractivity contribution in [2.24, 2.45) is 13.0 Å². The van der Waals surface area contributed by atoms with Crippen LogP contribution in [-0.4, -0.2) is 69.7 Å². The highest BCUT2D eigenvalue weighted by atomic mass is 16.5. The monoisotopic (exact) mass is 409 g/mol. The van der Waals surface area contributed by atoms with E-state index in [1.807, 2.05) is 13.2 Å². The second-order valence-electron chi connectivity index (χ2n) is 8.15. The van der Waals surface area contributed by atoms with Crippen LogP contribution < -0.4 is 9.80 Å². The molecule has 2 atom stereocenters. The first kappa shape index (κ1) is 19.2. The van der Waals surface area contributed by atoms with Crippen molar-refractivity contribution in [2.75, 3.05) is 49.2 Å². The zero-order valence-corrected chi connectivity index (χ0v) is 17.2. The summed E-state index contributed by atoms with van der Waals surface area (Å²) in [6.07, 6.45) is 5.08. The normalized spacial score (nSPS) is 21.2. The molecule has 0 unspecified atom stereocenters. The van der Waals surface area contributed by atoms with Gasteiger partial charge < -0.3 is 19.6 Å². The van der Waals surface area contributed by atoms with Crippen LogP contribution in [0.2, 0.25) is 0 Å². The van der Waals surface area contributed by atoms with Gasteiger partial charge in [0.25, 0.3) is 0 Å². The number of aliphatic hydroxyl groups is 1. The topological polar surface area (TPSA) is 92.4 Å². The highest BCUT2D eigenvalue weighted by Crippen LogP contribution is 2.34. The zero-order chi connectivity index (χ0) is 20.5. The summed E-state index contributed by atoms with van der Waals surface area (Å²) < 4.78 is 7.19. The van der Waals surface area contributed by atoms with Crippen molar-refractivity contribution >= 4 is 22.4 Å². The third-order valence-electron chi connectivity index (χ3n) is 6.16. The van der Waals surface area contributed by atoms with E-state index in [0.717, 1.165) is 80.2 Å². The lowest BCUT2D eigenvalue weighted by molar-refractivity contribution is 0.0979. The molecule has 4 heterocycles. The fraction of sp³-hybridized carbons (Fsp3) is 0.524. The average Bonchev–Trinajstić information content (AvgIpc) is 3.24. The third kappa shape index (κ3) is 3.70. The van der Waals surface area contributed by atoms with Gasteiger partial charge in [0.15, 0.2) is 5.82 Å². The Bertz CT molecular complexity index is 1020. The van der Waals surface area contributed by atoms with E-state index < -0.39 is 6.10 Å². The van der Waals surface area contributed by atoms with Crippen LogP contribution in [0.15, 0.2) is 30.6 Å². The molecular formula is C21H27N7O2. The molecule has 2 aliphatic heterocycles. The van der Waals surface area contributed by atoms with E-state index in [1.165, 1.54) is 0 Å². The second kappa shape index (κ2) is 8.16. The van der Waals surface area contributed by atoms with Crippen molar-refractivity contribution in [3.8, 4) is 0 Å². The van der Waals surface area contributed by atoms with E-state index in [4.69, 9.17) is 4.74 Å². The molecule has 9 nitrogen and oxygen atoms in total. The molecule has 5 rings (SSSR count). The number of benzene rings is 1. The number of hydrogen-bond donors (Lipinski definition) is 1. The van der Waals surface area contributed by atoms with Crippen LogP contribution in [0.1, 0.15) is 24.5 Å². The summed E-state index contributed by atoms with van der Waals surface area (Å²) in [5, 5.41) is 28.8. The third-order valence-corrected chi connectivity index (χ3v) is 6.16. The van der Waals surface area contributed by atoms with Crippen molar-refractivity contribution in [1.82, 2.24) is 25.2 Å². The lowest BCUT2D eigenvalue weighted by Crippen LogP contribution is -2.38. The van der Waals surface area contributed by atoms with Gasteiger partial charge in [0.2, 0.25) is 0 Å². The number of aromatic nitrogens is 5. The van der Waals surface area contributed by atoms with Gasteiger partial charge in [-0.15, -0.1) is 10.2 Å². The number of aryl methyl sites for hydroxylation is 1. The molecule has 3 aromatic rings. The summed E-state index contributed by atoms with van der Waals surface area (Å²) in [7, 11) is 1.87. The molecular weight excluding hydrogens is 382 g/mol. The quantitative estimate of drug-likeness (QED) is 0.694. The maximum Gasteiger partial charge on any atom is 0.162 e. The molecule has 0 bridgehead atoms. The number of morpholine rings is 1. The van der Waals surface area contributed by atoms with Crippen LogP contribution >= 0.6 is 0 Å². The van der Waals surface area contributed by atoms with Gasteiger partial charge >= 0.3 is 0 Å². The fourth-order valence-electron chi connectivity index (χ4n) is 4.54. The van der Waals surface area contributed by atoms with Gasteiger partial charge in [-0.05, 0) is 36.3 Å². The van der Waals surface area contributed by atoms with E-state index in [0.29, 0.717) is 0 Å². The van der Waals surface area contributed by atoms with Gasteiger partial charge in [-0.25, -0.2) is 0 Å². The molecule has 2 aliphatic rings. The number of rotatable bonds is 4. The summed E-state index contributed by atoms with van der Waals surface area (Å²) in [6, 6.07) is 6.31. The molecule has 0 amide bonds. The van der Waals surface area contributed by atoms with E-state index in [-0.39, 0.29) is 5.92 Å². The Labute approximate surface area is 175 Å². The van der Waals surface area contributed by atoms with Crippen molar-refractivity contribution in [2.45, 2.75) is 18.9 Å². The Morgan fingerprint density at radius 1 is 1.13 bits per heavy atom. The molecule has 0 radical (unpaired) electrons. The first-order valence-corrected chi connectivity index (χ1v) is 10.6. The van der Waals surface area contributed by atoms with E-state index >= 15 is 0 Å². The Hall–Kier alpha value is -2.78. The number of piperidine rings is 1. The summed E-state index contributed by atoms with van der Waals surface area (Å²) in [6.45, 7) is 4.90. The standard InChI is InChI=1S/C21H27N7O2/c1-26-13-16(12-22-26)20(29)15-3-2-6-28(14-15)21-18-5-4-17(11-19(18)23-25-24-21)27-7-9-30-10-8-27/h4-5,11-13,15,20,29H,2-3,6-10,14H2,1H3/t15-,20+/m0/s1. The van der Waals surface area contributed by atoms with Crippen molar-refractivity contribution in [3.05, 3.63) is 36.2 Å². The smallest absolute Gasteiger partial charge is 0.162 e.